The van der Waals surface area contributed by atoms with Crippen LogP contribution < -0.4 is 10.5 Å². The molecule has 0 atom stereocenters. The number of aryl methyl sites for hydroxylation is 1. The lowest BCUT2D eigenvalue weighted by Crippen LogP contribution is -2.31. The van der Waals surface area contributed by atoms with Gasteiger partial charge in [-0.3, -0.25) is 9.98 Å². The molecule has 0 unspecified atom stereocenters. The highest BCUT2D eigenvalue weighted by Crippen LogP contribution is 2.38. The third-order valence-electron chi connectivity index (χ3n) is 6.70. The Morgan fingerprint density at radius 1 is 1.19 bits per heavy atom. The van der Waals surface area contributed by atoms with Gasteiger partial charge in [0.05, 0.1) is 10.9 Å². The molecule has 3 heterocycles. The summed E-state index contributed by atoms with van der Waals surface area (Å²) < 4.78 is 18.9. The summed E-state index contributed by atoms with van der Waals surface area (Å²) >= 11 is 0. The number of hydrogen-bond acceptors (Lipinski definition) is 4. The molecule has 6 nitrogen and oxygen atoms in total. The number of fused-ring (bicyclic) bond motifs is 2. The molecular formula is C29H29FN6. The maximum atomic E-state index is 15.3. The maximum absolute atomic E-state index is 15.3. The van der Waals surface area contributed by atoms with E-state index in [1.165, 1.54) is 6.07 Å². The van der Waals surface area contributed by atoms with Crippen LogP contribution in [-0.4, -0.2) is 25.6 Å². The first-order chi connectivity index (χ1) is 17.2. The average Bonchev–Trinajstić information content (AvgIpc) is 3.28. The molecule has 0 saturated carbocycles. The summed E-state index contributed by atoms with van der Waals surface area (Å²) in [6.45, 7) is 12.6. The second-order valence-electron chi connectivity index (χ2n) is 9.68. The zero-order chi connectivity index (χ0) is 25.6. The second kappa shape index (κ2) is 8.80. The molecule has 2 aromatic heterocycles. The van der Waals surface area contributed by atoms with Crippen LogP contribution in [0, 0.1) is 30.0 Å². The van der Waals surface area contributed by atoms with E-state index in [0.717, 1.165) is 35.5 Å². The van der Waals surface area contributed by atoms with E-state index >= 15 is 4.39 Å². The van der Waals surface area contributed by atoms with Crippen molar-refractivity contribution in [1.82, 2.24) is 19.1 Å². The Balaban J connectivity index is 1.66. The lowest BCUT2D eigenvalue weighted by atomic mass is 9.95. The lowest BCUT2D eigenvalue weighted by Gasteiger charge is -2.32. The van der Waals surface area contributed by atoms with Gasteiger partial charge in [0.1, 0.15) is 23.0 Å². The normalized spacial score (nSPS) is 13.3. The molecule has 4 aromatic rings. The minimum atomic E-state index is -0.422. The van der Waals surface area contributed by atoms with E-state index in [1.54, 1.807) is 23.8 Å². The summed E-state index contributed by atoms with van der Waals surface area (Å²) in [4.78, 5) is 10.9. The molecule has 0 amide bonds. The minimum absolute atomic E-state index is 0.0242. The Labute approximate surface area is 210 Å². The Bertz CT molecular complexity index is 1630. The lowest BCUT2D eigenvalue weighted by molar-refractivity contribution is 0.462. The number of allylic oxidation sites excluding steroid dienone is 1. The van der Waals surface area contributed by atoms with Gasteiger partial charge in [0.25, 0.3) is 0 Å². The summed E-state index contributed by atoms with van der Waals surface area (Å²) in [5.74, 6) is 7.83. The van der Waals surface area contributed by atoms with Gasteiger partial charge in [-0.25, -0.2) is 9.37 Å². The second-order valence-corrected chi connectivity index (χ2v) is 9.68. The molecule has 0 saturated heterocycles. The summed E-state index contributed by atoms with van der Waals surface area (Å²) in [6, 6.07) is 10.9. The highest BCUT2D eigenvalue weighted by Gasteiger charge is 2.26. The molecule has 0 spiro atoms. The molecule has 0 radical (unpaired) electrons. The van der Waals surface area contributed by atoms with Crippen molar-refractivity contribution >= 4 is 28.1 Å². The van der Waals surface area contributed by atoms with Crippen LogP contribution in [0.1, 0.15) is 44.1 Å². The highest BCUT2D eigenvalue weighted by molar-refractivity contribution is 5.94. The number of halogens is 1. The van der Waals surface area contributed by atoms with E-state index in [4.69, 9.17) is 5.41 Å². The van der Waals surface area contributed by atoms with Crippen LogP contribution in [0.15, 0.2) is 55.4 Å². The van der Waals surface area contributed by atoms with Gasteiger partial charge in [-0.2, -0.15) is 4.98 Å². The van der Waals surface area contributed by atoms with E-state index in [9.17, 15) is 0 Å². The fraction of sp³-hybridized carbons (Fsp3) is 0.276. The molecule has 0 bridgehead atoms. The van der Waals surface area contributed by atoms with Crippen LogP contribution >= 0.6 is 0 Å². The zero-order valence-electron chi connectivity index (χ0n) is 21.1. The monoisotopic (exact) mass is 480 g/mol. The van der Waals surface area contributed by atoms with Gasteiger partial charge in [0.15, 0.2) is 0 Å². The fourth-order valence-corrected chi connectivity index (χ4v) is 5.03. The van der Waals surface area contributed by atoms with Gasteiger partial charge in [0, 0.05) is 35.9 Å². The van der Waals surface area contributed by atoms with Crippen molar-refractivity contribution in [3.05, 3.63) is 83.8 Å². The van der Waals surface area contributed by atoms with Gasteiger partial charge in [-0.15, -0.1) is 0 Å². The Morgan fingerprint density at radius 2 is 1.97 bits per heavy atom. The van der Waals surface area contributed by atoms with E-state index < -0.39 is 5.54 Å². The topological polar surface area (TPSA) is 62.7 Å². The van der Waals surface area contributed by atoms with Gasteiger partial charge in [0.2, 0.25) is 5.62 Å². The summed E-state index contributed by atoms with van der Waals surface area (Å²) in [5, 5.41) is 8.96. The van der Waals surface area contributed by atoms with Crippen LogP contribution in [-0.2, 0) is 12.0 Å². The Kier molecular flexibility index (Phi) is 5.76. The Hall–Kier alpha value is -4.18. The molecular weight excluding hydrogens is 451 g/mol. The molecule has 182 valence electrons. The highest BCUT2D eigenvalue weighted by atomic mass is 19.1. The summed E-state index contributed by atoms with van der Waals surface area (Å²) in [5.41, 5.74) is 3.81. The van der Waals surface area contributed by atoms with Crippen molar-refractivity contribution in [2.24, 2.45) is 0 Å². The van der Waals surface area contributed by atoms with Crippen LogP contribution in [0.5, 0.6) is 0 Å². The van der Waals surface area contributed by atoms with Gasteiger partial charge >= 0.3 is 0 Å². The van der Waals surface area contributed by atoms with Crippen LogP contribution in [0.2, 0.25) is 0 Å². The fourth-order valence-electron chi connectivity index (χ4n) is 5.03. The smallest absolute Gasteiger partial charge is 0.228 e. The number of hydrogen-bond donors (Lipinski definition) is 1. The average molecular weight is 481 g/mol. The van der Waals surface area contributed by atoms with Gasteiger partial charge in [-0.05, 0) is 70.4 Å². The number of aromatic nitrogens is 4. The van der Waals surface area contributed by atoms with Crippen molar-refractivity contribution in [2.75, 3.05) is 11.4 Å². The van der Waals surface area contributed by atoms with E-state index in [0.29, 0.717) is 29.0 Å². The van der Waals surface area contributed by atoms with E-state index in [1.807, 2.05) is 42.3 Å². The largest absolute Gasteiger partial charge is 0.325 e. The minimum Gasteiger partial charge on any atom is -0.325 e. The van der Waals surface area contributed by atoms with Crippen molar-refractivity contribution in [2.45, 2.75) is 46.1 Å². The zero-order valence-corrected chi connectivity index (χ0v) is 21.1. The molecule has 0 fully saturated rings. The van der Waals surface area contributed by atoms with E-state index in [-0.39, 0.29) is 11.4 Å². The van der Waals surface area contributed by atoms with Crippen LogP contribution in [0.4, 0.5) is 15.9 Å². The third kappa shape index (κ3) is 3.89. The quantitative estimate of drug-likeness (QED) is 0.393. The number of imidazole rings is 1. The van der Waals surface area contributed by atoms with Crippen LogP contribution in [0.3, 0.4) is 0 Å². The predicted octanol–water partition coefficient (Wildman–Crippen LogP) is 5.52. The molecule has 1 aliphatic heterocycles. The SMILES string of the molecule is C=C(C)n1c(=N)nc(N2CCCc3c(C#CC(C)(C)n4ccnc4C)cccc32)c2c(F)cccc21. The number of rotatable bonds is 3. The first-order valence-corrected chi connectivity index (χ1v) is 12.0. The van der Waals surface area contributed by atoms with Crippen molar-refractivity contribution < 1.29 is 4.39 Å². The molecule has 5 rings (SSSR count). The maximum Gasteiger partial charge on any atom is 0.228 e. The first kappa shape index (κ1) is 23.6. The molecule has 36 heavy (non-hydrogen) atoms. The first-order valence-electron chi connectivity index (χ1n) is 12.0. The van der Waals surface area contributed by atoms with Gasteiger partial charge in [-0.1, -0.05) is 30.6 Å². The molecule has 1 aliphatic rings. The molecule has 2 aromatic carbocycles. The van der Waals surface area contributed by atoms with Crippen molar-refractivity contribution in [1.29, 1.82) is 5.41 Å². The Morgan fingerprint density at radius 3 is 2.69 bits per heavy atom. The van der Waals surface area contributed by atoms with Crippen molar-refractivity contribution in [3.63, 3.8) is 0 Å². The number of benzene rings is 2. The third-order valence-corrected chi connectivity index (χ3v) is 6.70. The number of nitrogens with one attached hydrogen (secondary N) is 1. The summed E-state index contributed by atoms with van der Waals surface area (Å²) in [7, 11) is 0. The van der Waals surface area contributed by atoms with Crippen molar-refractivity contribution in [3.8, 4) is 11.8 Å². The van der Waals surface area contributed by atoms with E-state index in [2.05, 4.69) is 46.8 Å². The van der Waals surface area contributed by atoms with Gasteiger partial charge < -0.3 is 9.47 Å². The molecule has 7 heteroatoms. The molecule has 0 aliphatic carbocycles. The number of anilines is 2. The van der Waals surface area contributed by atoms with Crippen LogP contribution in [0.25, 0.3) is 16.6 Å². The standard InChI is InChI=1S/C29H29FN6/c1-19(2)36-25-13-7-11-23(30)26(25)27(33-28(36)31)34-17-8-10-22-21(9-6-12-24(22)34)14-15-29(4,5)35-18-16-32-20(35)3/h6-7,9,11-13,16,18,31H,1,8,10,17H2,2-5H3. The molecule has 1 N–H and O–H groups in total. The predicted molar refractivity (Wildman–Crippen MR) is 141 cm³/mol. The number of nitrogens with zero attached hydrogens (tertiary/aromatic N) is 5. The summed E-state index contributed by atoms with van der Waals surface area (Å²) in [6.07, 6.45) is 5.47.